The number of hydrogen-bond donors (Lipinski definition) is 2. The Labute approximate surface area is 169 Å². The topological polar surface area (TPSA) is 76.0 Å². The zero-order chi connectivity index (χ0) is 19.8. The van der Waals surface area contributed by atoms with Crippen LogP contribution >= 0.6 is 23.2 Å². The number of nitrogens with one attached hydrogen (secondary N) is 2. The Morgan fingerprint density at radius 3 is 2.71 bits per heavy atom. The molecule has 0 radical (unpaired) electrons. The van der Waals surface area contributed by atoms with Crippen molar-refractivity contribution >= 4 is 46.5 Å². The minimum Gasteiger partial charge on any atom is -0.325 e. The molecule has 1 aliphatic heterocycles. The lowest BCUT2D eigenvalue weighted by Gasteiger charge is -2.11. The average Bonchev–Trinajstić information content (AvgIpc) is 3.20. The van der Waals surface area contributed by atoms with Gasteiger partial charge in [-0.15, -0.1) is 0 Å². The lowest BCUT2D eigenvalue weighted by molar-refractivity contribution is -0.123. The minimum atomic E-state index is -0.804. The highest BCUT2D eigenvalue weighted by molar-refractivity contribution is 6.44. The summed E-state index contributed by atoms with van der Waals surface area (Å²) in [5.74, 6) is -0.643. The molecule has 1 aliphatic rings. The Bertz CT molecular complexity index is 1080. The summed E-state index contributed by atoms with van der Waals surface area (Å²) in [4.78, 5) is 24.8. The normalized spacial score (nSPS) is 15.2. The molecule has 0 saturated heterocycles. The quantitative estimate of drug-likeness (QED) is 0.653. The van der Waals surface area contributed by atoms with Gasteiger partial charge in [0.15, 0.2) is 0 Å². The maximum absolute atomic E-state index is 13.1. The van der Waals surface area contributed by atoms with Crippen molar-refractivity contribution in [3.8, 4) is 11.1 Å². The van der Waals surface area contributed by atoms with Gasteiger partial charge in [-0.1, -0.05) is 41.4 Å². The molecule has 2 heterocycles. The number of aromatic nitrogens is 2. The first kappa shape index (κ1) is 18.5. The molecular weight excluding hydrogens is 406 g/mol. The number of carbonyl (C=O) groups is 2. The van der Waals surface area contributed by atoms with Crippen LogP contribution in [0.1, 0.15) is 12.5 Å². The summed E-state index contributed by atoms with van der Waals surface area (Å²) in [6.45, 7) is 0. The number of fused-ring (bicyclic) bond motifs is 1. The van der Waals surface area contributed by atoms with Crippen LogP contribution in [-0.4, -0.2) is 21.6 Å². The molecule has 1 unspecified atom stereocenters. The van der Waals surface area contributed by atoms with Gasteiger partial charge in [-0.3, -0.25) is 9.59 Å². The predicted octanol–water partition coefficient (Wildman–Crippen LogP) is 4.52. The molecule has 0 aliphatic carbocycles. The van der Waals surface area contributed by atoms with Crippen LogP contribution in [0.25, 0.3) is 11.1 Å². The standard InChI is InChI=1S/C19H13Cl2FN4O2/c20-13-2-1-3-14(17(13)21)24-16(27)8-15-19(28)25-18-12(9-23-26(15)18)10-4-6-11(22)7-5-10/h1-7,9,15H,8H2,(H,24,27)(H,25,28). The monoisotopic (exact) mass is 418 g/mol. The lowest BCUT2D eigenvalue weighted by atomic mass is 10.1. The molecule has 0 bridgehead atoms. The number of hydrogen-bond acceptors (Lipinski definition) is 3. The molecule has 1 atom stereocenters. The summed E-state index contributed by atoms with van der Waals surface area (Å²) in [5, 5.41) is 10.2. The average molecular weight is 419 g/mol. The van der Waals surface area contributed by atoms with Gasteiger partial charge >= 0.3 is 0 Å². The fraction of sp³-hybridized carbons (Fsp3) is 0.105. The van der Waals surface area contributed by atoms with E-state index in [4.69, 9.17) is 23.2 Å². The van der Waals surface area contributed by atoms with E-state index in [0.29, 0.717) is 27.7 Å². The molecule has 2 N–H and O–H groups in total. The van der Waals surface area contributed by atoms with Crippen molar-refractivity contribution in [2.24, 2.45) is 0 Å². The van der Waals surface area contributed by atoms with Crippen LogP contribution in [0.4, 0.5) is 15.9 Å². The molecular formula is C19H13Cl2FN4O2. The Balaban J connectivity index is 1.54. The molecule has 3 aromatic rings. The second-order valence-electron chi connectivity index (χ2n) is 6.22. The first-order valence-corrected chi connectivity index (χ1v) is 9.08. The zero-order valence-electron chi connectivity index (χ0n) is 14.2. The molecule has 28 heavy (non-hydrogen) atoms. The number of benzene rings is 2. The summed E-state index contributed by atoms with van der Waals surface area (Å²) < 4.78 is 14.6. The summed E-state index contributed by atoms with van der Waals surface area (Å²) in [5.41, 5.74) is 1.72. The fourth-order valence-electron chi connectivity index (χ4n) is 3.03. The molecule has 0 fully saturated rings. The van der Waals surface area contributed by atoms with E-state index in [0.717, 1.165) is 0 Å². The number of nitrogens with zero attached hydrogens (tertiary/aromatic N) is 2. The van der Waals surface area contributed by atoms with Crippen LogP contribution in [0, 0.1) is 5.82 Å². The molecule has 142 valence electrons. The second-order valence-corrected chi connectivity index (χ2v) is 7.00. The van der Waals surface area contributed by atoms with E-state index in [9.17, 15) is 14.0 Å². The zero-order valence-corrected chi connectivity index (χ0v) is 15.8. The van der Waals surface area contributed by atoms with Gasteiger partial charge in [0.1, 0.15) is 17.7 Å². The van der Waals surface area contributed by atoms with E-state index in [-0.39, 0.29) is 23.2 Å². The van der Waals surface area contributed by atoms with Crippen molar-refractivity contribution in [3.05, 3.63) is 64.5 Å². The largest absolute Gasteiger partial charge is 0.325 e. The molecule has 1 aromatic heterocycles. The molecule has 9 heteroatoms. The maximum atomic E-state index is 13.1. The van der Waals surface area contributed by atoms with Gasteiger partial charge in [0.2, 0.25) is 5.91 Å². The van der Waals surface area contributed by atoms with Crippen molar-refractivity contribution in [1.82, 2.24) is 9.78 Å². The molecule has 0 saturated carbocycles. The first-order chi connectivity index (χ1) is 13.4. The van der Waals surface area contributed by atoms with Gasteiger partial charge in [-0.25, -0.2) is 9.07 Å². The summed E-state index contributed by atoms with van der Waals surface area (Å²) in [7, 11) is 0. The molecule has 6 nitrogen and oxygen atoms in total. The van der Waals surface area contributed by atoms with E-state index in [1.165, 1.54) is 16.8 Å². The van der Waals surface area contributed by atoms with Crippen LogP contribution in [0.3, 0.4) is 0 Å². The van der Waals surface area contributed by atoms with Gasteiger partial charge in [-0.05, 0) is 29.8 Å². The third-order valence-electron chi connectivity index (χ3n) is 4.39. The van der Waals surface area contributed by atoms with Gasteiger partial charge in [0.05, 0.1) is 28.4 Å². The van der Waals surface area contributed by atoms with Crippen molar-refractivity contribution in [2.75, 3.05) is 10.6 Å². The Kier molecular flexibility index (Phi) is 4.78. The van der Waals surface area contributed by atoms with Gasteiger partial charge in [0, 0.05) is 5.56 Å². The number of amides is 2. The predicted molar refractivity (Wildman–Crippen MR) is 105 cm³/mol. The molecule has 2 aromatic carbocycles. The number of halogens is 3. The molecule has 4 rings (SSSR count). The highest BCUT2D eigenvalue weighted by atomic mass is 35.5. The van der Waals surface area contributed by atoms with Crippen LogP contribution < -0.4 is 10.6 Å². The number of carbonyl (C=O) groups excluding carboxylic acids is 2. The van der Waals surface area contributed by atoms with Gasteiger partial charge in [-0.2, -0.15) is 5.10 Å². The Morgan fingerprint density at radius 2 is 1.96 bits per heavy atom. The van der Waals surface area contributed by atoms with Gasteiger partial charge in [0.25, 0.3) is 5.91 Å². The fourth-order valence-corrected chi connectivity index (χ4v) is 3.38. The van der Waals surface area contributed by atoms with E-state index in [1.54, 1.807) is 36.5 Å². The number of anilines is 2. The minimum absolute atomic E-state index is 0.133. The third kappa shape index (κ3) is 3.34. The van der Waals surface area contributed by atoms with Crippen LogP contribution in [0.15, 0.2) is 48.7 Å². The van der Waals surface area contributed by atoms with Crippen molar-refractivity contribution in [3.63, 3.8) is 0 Å². The maximum Gasteiger partial charge on any atom is 0.251 e. The Morgan fingerprint density at radius 1 is 1.21 bits per heavy atom. The lowest BCUT2D eigenvalue weighted by Crippen LogP contribution is -2.23. The molecule has 2 amide bonds. The van der Waals surface area contributed by atoms with Crippen LogP contribution in [-0.2, 0) is 9.59 Å². The van der Waals surface area contributed by atoms with E-state index in [2.05, 4.69) is 15.7 Å². The molecule has 0 spiro atoms. The summed E-state index contributed by atoms with van der Waals surface area (Å²) >= 11 is 12.0. The van der Waals surface area contributed by atoms with Crippen LogP contribution in [0.2, 0.25) is 10.0 Å². The SMILES string of the molecule is O=C(CC1C(=O)Nc2c(-c3ccc(F)cc3)cnn21)Nc1cccc(Cl)c1Cl. The van der Waals surface area contributed by atoms with Crippen molar-refractivity contribution in [2.45, 2.75) is 12.5 Å². The Hall–Kier alpha value is -2.90. The van der Waals surface area contributed by atoms with Crippen molar-refractivity contribution < 1.29 is 14.0 Å². The summed E-state index contributed by atoms with van der Waals surface area (Å²) in [6.07, 6.45) is 1.44. The summed E-state index contributed by atoms with van der Waals surface area (Å²) in [6, 6.07) is 9.94. The van der Waals surface area contributed by atoms with Gasteiger partial charge < -0.3 is 10.6 Å². The van der Waals surface area contributed by atoms with Crippen molar-refractivity contribution in [1.29, 1.82) is 0 Å². The van der Waals surface area contributed by atoms with E-state index >= 15 is 0 Å². The third-order valence-corrected chi connectivity index (χ3v) is 5.21. The first-order valence-electron chi connectivity index (χ1n) is 8.32. The smallest absolute Gasteiger partial charge is 0.251 e. The van der Waals surface area contributed by atoms with E-state index < -0.39 is 11.9 Å². The van der Waals surface area contributed by atoms with E-state index in [1.807, 2.05) is 0 Å². The number of rotatable bonds is 4. The second kappa shape index (κ2) is 7.26. The highest BCUT2D eigenvalue weighted by Crippen LogP contribution is 2.36. The highest BCUT2D eigenvalue weighted by Gasteiger charge is 2.35. The van der Waals surface area contributed by atoms with Crippen LogP contribution in [0.5, 0.6) is 0 Å².